The Bertz CT molecular complexity index is 1040. The van der Waals surface area contributed by atoms with Gasteiger partial charge in [0.2, 0.25) is 0 Å². The van der Waals surface area contributed by atoms with E-state index >= 15 is 0 Å². The first-order valence-corrected chi connectivity index (χ1v) is 7.94. The third-order valence-electron chi connectivity index (χ3n) is 4.03. The van der Waals surface area contributed by atoms with Crippen LogP contribution in [0.1, 0.15) is 11.3 Å². The van der Waals surface area contributed by atoms with Crippen LogP contribution in [0.3, 0.4) is 0 Å². The summed E-state index contributed by atoms with van der Waals surface area (Å²) in [5.74, 6) is 1.07. The van der Waals surface area contributed by atoms with Crippen LogP contribution in [0.5, 0.6) is 11.5 Å². The van der Waals surface area contributed by atoms with Crippen molar-refractivity contribution in [1.29, 1.82) is 5.26 Å². The molecule has 136 valence electrons. The first kappa shape index (κ1) is 17.9. The zero-order chi connectivity index (χ0) is 19.4. The Kier molecular flexibility index (Phi) is 5.04. The fourth-order valence-electron chi connectivity index (χ4n) is 2.76. The van der Waals surface area contributed by atoms with Crippen molar-refractivity contribution >= 4 is 17.0 Å². The van der Waals surface area contributed by atoms with Gasteiger partial charge in [0.25, 0.3) is 0 Å². The molecule has 2 heterocycles. The molecule has 0 saturated carbocycles. The molecule has 27 heavy (non-hydrogen) atoms. The van der Waals surface area contributed by atoms with Crippen LogP contribution in [-0.2, 0) is 6.54 Å². The van der Waals surface area contributed by atoms with Gasteiger partial charge in [-0.05, 0) is 12.1 Å². The molecule has 8 nitrogen and oxygen atoms in total. The first-order chi connectivity index (χ1) is 13.1. The van der Waals surface area contributed by atoms with Crippen molar-refractivity contribution in [3.8, 4) is 28.7 Å². The molecule has 0 aliphatic heterocycles. The van der Waals surface area contributed by atoms with Gasteiger partial charge in [-0.15, -0.1) is 0 Å². The largest absolute Gasteiger partial charge is 0.493 e. The molecule has 0 atom stereocenters. The number of hydrogen-bond acceptors (Lipinski definition) is 6. The number of methoxy groups -OCH3 is 2. The molecule has 0 radical (unpaired) electrons. The van der Waals surface area contributed by atoms with Crippen LogP contribution in [0.25, 0.3) is 22.0 Å². The highest BCUT2D eigenvalue weighted by Gasteiger charge is 2.15. The van der Waals surface area contributed by atoms with Gasteiger partial charge in [0.15, 0.2) is 11.5 Å². The van der Waals surface area contributed by atoms with E-state index in [-0.39, 0.29) is 6.54 Å². The number of pyridine rings is 2. The van der Waals surface area contributed by atoms with E-state index in [1.54, 1.807) is 37.6 Å². The summed E-state index contributed by atoms with van der Waals surface area (Å²) in [4.78, 5) is 19.2. The molecule has 1 amide bonds. The number of amides is 1. The van der Waals surface area contributed by atoms with Crippen LogP contribution >= 0.6 is 0 Å². The number of rotatable bonds is 5. The topological polar surface area (TPSA) is 117 Å². The Balaban J connectivity index is 2.14. The van der Waals surface area contributed by atoms with Gasteiger partial charge >= 0.3 is 6.09 Å². The maximum absolute atomic E-state index is 10.6. The number of nitrogens with zero attached hydrogens (tertiary/aromatic N) is 3. The van der Waals surface area contributed by atoms with Crippen molar-refractivity contribution in [2.45, 2.75) is 6.54 Å². The first-order valence-electron chi connectivity index (χ1n) is 7.94. The highest BCUT2D eigenvalue weighted by atomic mass is 16.5. The standard InChI is InChI=1S/C19H16N4O4/c1-26-16-5-14-15(6-17(16)27-2)22-9-12(7-20)18(14)11-3-4-13(21-8-11)10-23-19(24)25/h3-6,8-9,23H,10H2,1-2H3,(H,24,25). The molecular weight excluding hydrogens is 348 g/mol. The van der Waals surface area contributed by atoms with Gasteiger partial charge in [-0.1, -0.05) is 6.07 Å². The van der Waals surface area contributed by atoms with E-state index in [1.165, 1.54) is 13.3 Å². The molecule has 0 fully saturated rings. The van der Waals surface area contributed by atoms with E-state index < -0.39 is 6.09 Å². The second-order valence-corrected chi connectivity index (χ2v) is 5.58. The molecule has 8 heteroatoms. The molecule has 0 saturated heterocycles. The van der Waals surface area contributed by atoms with Crippen molar-refractivity contribution in [3.63, 3.8) is 0 Å². The molecular formula is C19H16N4O4. The smallest absolute Gasteiger partial charge is 0.404 e. The third-order valence-corrected chi connectivity index (χ3v) is 4.03. The summed E-state index contributed by atoms with van der Waals surface area (Å²) in [6.07, 6.45) is 1.99. The Morgan fingerprint density at radius 2 is 1.93 bits per heavy atom. The summed E-state index contributed by atoms with van der Waals surface area (Å²) in [7, 11) is 3.08. The third kappa shape index (κ3) is 3.57. The summed E-state index contributed by atoms with van der Waals surface area (Å²) in [5, 5.41) is 21.2. The fourth-order valence-corrected chi connectivity index (χ4v) is 2.76. The van der Waals surface area contributed by atoms with Crippen LogP contribution < -0.4 is 14.8 Å². The summed E-state index contributed by atoms with van der Waals surface area (Å²) in [6.45, 7) is 0.100. The van der Waals surface area contributed by atoms with Crippen LogP contribution in [0.4, 0.5) is 4.79 Å². The molecule has 3 rings (SSSR count). The van der Waals surface area contributed by atoms with E-state index in [0.29, 0.717) is 39.4 Å². The van der Waals surface area contributed by atoms with Crippen LogP contribution in [0.2, 0.25) is 0 Å². The zero-order valence-electron chi connectivity index (χ0n) is 14.7. The van der Waals surface area contributed by atoms with E-state index in [9.17, 15) is 10.1 Å². The minimum absolute atomic E-state index is 0.100. The molecule has 0 spiro atoms. The molecule has 2 N–H and O–H groups in total. The molecule has 0 bridgehead atoms. The van der Waals surface area contributed by atoms with Crippen molar-refractivity contribution in [1.82, 2.24) is 15.3 Å². The lowest BCUT2D eigenvalue weighted by Crippen LogP contribution is -2.20. The number of carboxylic acid groups (broad SMARTS) is 1. The van der Waals surface area contributed by atoms with Crippen LogP contribution in [-0.4, -0.2) is 35.4 Å². The highest BCUT2D eigenvalue weighted by Crippen LogP contribution is 2.37. The fraction of sp³-hybridized carbons (Fsp3) is 0.158. The number of ether oxygens (including phenoxy) is 2. The second kappa shape index (κ2) is 7.58. The maximum Gasteiger partial charge on any atom is 0.404 e. The Hall–Kier alpha value is -3.86. The summed E-state index contributed by atoms with van der Waals surface area (Å²) in [6, 6.07) is 9.17. The quantitative estimate of drug-likeness (QED) is 0.714. The minimum atomic E-state index is -1.12. The lowest BCUT2D eigenvalue weighted by atomic mass is 9.97. The summed E-state index contributed by atoms with van der Waals surface area (Å²) < 4.78 is 10.7. The number of aromatic nitrogens is 2. The van der Waals surface area contributed by atoms with Gasteiger partial charge in [-0.25, -0.2) is 4.79 Å². The molecule has 2 aromatic heterocycles. The normalized spacial score (nSPS) is 10.3. The lowest BCUT2D eigenvalue weighted by Gasteiger charge is -2.13. The molecule has 0 aliphatic carbocycles. The van der Waals surface area contributed by atoms with Crippen LogP contribution in [0, 0.1) is 11.3 Å². The SMILES string of the molecule is COc1cc2ncc(C#N)c(-c3ccc(CNC(=O)O)nc3)c2cc1OC. The van der Waals surface area contributed by atoms with Crippen molar-refractivity contribution in [2.24, 2.45) is 0 Å². The Morgan fingerprint density at radius 1 is 1.19 bits per heavy atom. The van der Waals surface area contributed by atoms with Gasteiger partial charge in [-0.3, -0.25) is 9.97 Å². The second-order valence-electron chi connectivity index (χ2n) is 5.58. The molecule has 0 unspecified atom stereocenters. The number of carbonyl (C=O) groups is 1. The average Bonchev–Trinajstić information content (AvgIpc) is 2.70. The minimum Gasteiger partial charge on any atom is -0.493 e. The lowest BCUT2D eigenvalue weighted by molar-refractivity contribution is 0.194. The van der Waals surface area contributed by atoms with Crippen molar-refractivity contribution in [2.75, 3.05) is 14.2 Å². The Labute approximate surface area is 155 Å². The average molecular weight is 364 g/mol. The van der Waals surface area contributed by atoms with Crippen LogP contribution in [0.15, 0.2) is 36.7 Å². The number of nitrogens with one attached hydrogen (secondary N) is 1. The van der Waals surface area contributed by atoms with Crippen molar-refractivity contribution < 1.29 is 19.4 Å². The van der Waals surface area contributed by atoms with E-state index in [0.717, 1.165) is 5.39 Å². The summed E-state index contributed by atoms with van der Waals surface area (Å²) in [5.41, 5.74) is 3.00. The van der Waals surface area contributed by atoms with E-state index in [2.05, 4.69) is 21.4 Å². The molecule has 1 aromatic carbocycles. The monoisotopic (exact) mass is 364 g/mol. The van der Waals surface area contributed by atoms with Gasteiger partial charge in [0, 0.05) is 35.0 Å². The van der Waals surface area contributed by atoms with Gasteiger partial charge < -0.3 is 19.9 Å². The van der Waals surface area contributed by atoms with E-state index in [4.69, 9.17) is 14.6 Å². The highest BCUT2D eigenvalue weighted by molar-refractivity contribution is 5.98. The number of benzene rings is 1. The number of nitriles is 1. The van der Waals surface area contributed by atoms with Gasteiger partial charge in [0.1, 0.15) is 6.07 Å². The Morgan fingerprint density at radius 3 is 2.52 bits per heavy atom. The predicted octanol–water partition coefficient (Wildman–Crippen LogP) is 2.95. The molecule has 0 aliphatic rings. The van der Waals surface area contributed by atoms with Gasteiger partial charge in [0.05, 0.1) is 37.5 Å². The number of hydrogen-bond donors (Lipinski definition) is 2. The van der Waals surface area contributed by atoms with E-state index in [1.807, 2.05) is 0 Å². The number of fused-ring (bicyclic) bond motifs is 1. The van der Waals surface area contributed by atoms with Gasteiger partial charge in [-0.2, -0.15) is 5.26 Å². The van der Waals surface area contributed by atoms with Crippen molar-refractivity contribution in [3.05, 3.63) is 47.9 Å². The summed E-state index contributed by atoms with van der Waals surface area (Å²) >= 11 is 0. The molecule has 3 aromatic rings. The zero-order valence-corrected chi connectivity index (χ0v) is 14.7. The predicted molar refractivity (Wildman–Crippen MR) is 97.7 cm³/mol. The maximum atomic E-state index is 10.6.